The summed E-state index contributed by atoms with van der Waals surface area (Å²) >= 11 is 0. The maximum Gasteiger partial charge on any atom is 0.131 e. The van der Waals surface area contributed by atoms with E-state index in [2.05, 4.69) is 5.32 Å². The minimum Gasteiger partial charge on any atom is -0.378 e. The number of hydrogen-bond acceptors (Lipinski definition) is 2. The van der Waals surface area contributed by atoms with Gasteiger partial charge in [-0.3, -0.25) is 0 Å². The summed E-state index contributed by atoms with van der Waals surface area (Å²) in [4.78, 5) is 0. The van der Waals surface area contributed by atoms with E-state index in [1.807, 2.05) is 6.92 Å². The third-order valence-corrected chi connectivity index (χ3v) is 2.68. The maximum atomic E-state index is 13.5. The molecular formula is C11H13F2NO. The number of nitrogens with one attached hydrogen (secondary N) is 1. The van der Waals surface area contributed by atoms with E-state index in [0.717, 1.165) is 6.07 Å². The Morgan fingerprint density at radius 2 is 2.20 bits per heavy atom. The fourth-order valence-corrected chi connectivity index (χ4v) is 1.84. The van der Waals surface area contributed by atoms with E-state index < -0.39 is 17.2 Å². The SMILES string of the molecule is C[C@]1(c2ccc(F)cc2F)COCCN1. The lowest BCUT2D eigenvalue weighted by molar-refractivity contribution is 0.0323. The number of hydrogen-bond donors (Lipinski definition) is 1. The molecule has 0 amide bonds. The van der Waals surface area contributed by atoms with Crippen molar-refractivity contribution >= 4 is 0 Å². The van der Waals surface area contributed by atoms with Gasteiger partial charge in [0, 0.05) is 18.2 Å². The molecule has 0 aliphatic carbocycles. The van der Waals surface area contributed by atoms with Crippen molar-refractivity contribution in [1.82, 2.24) is 5.32 Å². The first-order valence-electron chi connectivity index (χ1n) is 4.90. The molecule has 4 heteroatoms. The molecule has 1 atom stereocenters. The van der Waals surface area contributed by atoms with Crippen molar-refractivity contribution in [2.24, 2.45) is 0 Å². The van der Waals surface area contributed by atoms with E-state index in [4.69, 9.17) is 4.74 Å². The van der Waals surface area contributed by atoms with Crippen molar-refractivity contribution in [1.29, 1.82) is 0 Å². The molecule has 0 spiro atoms. The van der Waals surface area contributed by atoms with Gasteiger partial charge in [-0.05, 0) is 13.0 Å². The van der Waals surface area contributed by atoms with Crippen LogP contribution in [0.15, 0.2) is 18.2 Å². The molecule has 2 rings (SSSR count). The molecule has 0 bridgehead atoms. The second-order valence-electron chi connectivity index (χ2n) is 3.94. The molecule has 1 aromatic carbocycles. The summed E-state index contributed by atoms with van der Waals surface area (Å²) < 4.78 is 31.6. The fraction of sp³-hybridized carbons (Fsp3) is 0.455. The van der Waals surface area contributed by atoms with E-state index in [1.165, 1.54) is 12.1 Å². The highest BCUT2D eigenvalue weighted by Gasteiger charge is 2.31. The van der Waals surface area contributed by atoms with Gasteiger partial charge in [-0.15, -0.1) is 0 Å². The van der Waals surface area contributed by atoms with Crippen LogP contribution in [0.1, 0.15) is 12.5 Å². The van der Waals surface area contributed by atoms with E-state index >= 15 is 0 Å². The Balaban J connectivity index is 2.35. The van der Waals surface area contributed by atoms with Crippen LogP contribution in [0.2, 0.25) is 0 Å². The smallest absolute Gasteiger partial charge is 0.131 e. The van der Waals surface area contributed by atoms with Gasteiger partial charge in [-0.25, -0.2) is 8.78 Å². The lowest BCUT2D eigenvalue weighted by atomic mass is 9.91. The van der Waals surface area contributed by atoms with Gasteiger partial charge in [0.1, 0.15) is 11.6 Å². The highest BCUT2D eigenvalue weighted by molar-refractivity contribution is 5.26. The zero-order valence-electron chi connectivity index (χ0n) is 8.52. The molecule has 0 radical (unpaired) electrons. The zero-order valence-corrected chi connectivity index (χ0v) is 8.52. The van der Waals surface area contributed by atoms with Crippen LogP contribution in [0.4, 0.5) is 8.78 Å². The van der Waals surface area contributed by atoms with Gasteiger partial charge < -0.3 is 10.1 Å². The van der Waals surface area contributed by atoms with Crippen LogP contribution < -0.4 is 5.32 Å². The molecule has 0 aromatic heterocycles. The third-order valence-electron chi connectivity index (χ3n) is 2.68. The number of morpholine rings is 1. The molecule has 1 N–H and O–H groups in total. The topological polar surface area (TPSA) is 21.3 Å². The quantitative estimate of drug-likeness (QED) is 0.768. The van der Waals surface area contributed by atoms with Gasteiger partial charge in [-0.1, -0.05) is 6.07 Å². The predicted molar refractivity (Wildman–Crippen MR) is 52.5 cm³/mol. The molecule has 1 aromatic rings. The van der Waals surface area contributed by atoms with E-state index in [1.54, 1.807) is 0 Å². The van der Waals surface area contributed by atoms with E-state index in [9.17, 15) is 8.78 Å². The largest absolute Gasteiger partial charge is 0.378 e. The number of rotatable bonds is 1. The molecule has 1 aliphatic heterocycles. The van der Waals surface area contributed by atoms with Crippen molar-refractivity contribution in [3.63, 3.8) is 0 Å². The second kappa shape index (κ2) is 3.87. The van der Waals surface area contributed by atoms with Crippen molar-refractivity contribution in [3.05, 3.63) is 35.4 Å². The van der Waals surface area contributed by atoms with Crippen molar-refractivity contribution < 1.29 is 13.5 Å². The number of ether oxygens (including phenoxy) is 1. The summed E-state index contributed by atoms with van der Waals surface area (Å²) in [5.74, 6) is -1.09. The zero-order chi connectivity index (χ0) is 10.9. The monoisotopic (exact) mass is 213 g/mol. The Morgan fingerprint density at radius 3 is 2.80 bits per heavy atom. The fourth-order valence-electron chi connectivity index (χ4n) is 1.84. The Bertz CT molecular complexity index is 362. The third kappa shape index (κ3) is 2.01. The second-order valence-corrected chi connectivity index (χ2v) is 3.94. The number of benzene rings is 1. The molecule has 82 valence electrons. The summed E-state index contributed by atoms with van der Waals surface area (Å²) in [6, 6.07) is 3.63. The Morgan fingerprint density at radius 1 is 1.40 bits per heavy atom. The summed E-state index contributed by atoms with van der Waals surface area (Å²) in [6.07, 6.45) is 0. The molecule has 0 saturated carbocycles. The predicted octanol–water partition coefficient (Wildman–Crippen LogP) is 1.80. The van der Waals surface area contributed by atoms with Gasteiger partial charge in [0.2, 0.25) is 0 Å². The van der Waals surface area contributed by atoms with E-state index in [-0.39, 0.29) is 0 Å². The first-order valence-corrected chi connectivity index (χ1v) is 4.90. The van der Waals surface area contributed by atoms with Crippen LogP contribution in [-0.2, 0) is 10.3 Å². The minimum absolute atomic E-state index is 0.398. The van der Waals surface area contributed by atoms with Crippen LogP contribution in [0, 0.1) is 11.6 Å². The van der Waals surface area contributed by atoms with Crippen LogP contribution in [0.3, 0.4) is 0 Å². The first-order chi connectivity index (χ1) is 7.12. The standard InChI is InChI=1S/C11H13F2NO/c1-11(7-15-5-4-14-11)9-3-2-8(12)6-10(9)13/h2-3,6,14H,4-5,7H2,1H3/t11-/m1/s1. The molecule has 1 saturated heterocycles. The maximum absolute atomic E-state index is 13.5. The van der Waals surface area contributed by atoms with E-state index in [0.29, 0.717) is 25.3 Å². The van der Waals surface area contributed by atoms with Crippen molar-refractivity contribution in [2.45, 2.75) is 12.5 Å². The lowest BCUT2D eigenvalue weighted by Crippen LogP contribution is -2.49. The highest BCUT2D eigenvalue weighted by atomic mass is 19.1. The number of halogens is 2. The molecular weight excluding hydrogens is 200 g/mol. The molecule has 1 aliphatic rings. The van der Waals surface area contributed by atoms with Crippen molar-refractivity contribution in [3.8, 4) is 0 Å². The lowest BCUT2D eigenvalue weighted by Gasteiger charge is -2.35. The Kier molecular flexibility index (Phi) is 2.71. The molecule has 2 nitrogen and oxygen atoms in total. The van der Waals surface area contributed by atoms with Gasteiger partial charge in [0.25, 0.3) is 0 Å². The first kappa shape index (κ1) is 10.5. The Labute approximate surface area is 87.2 Å². The summed E-state index contributed by atoms with van der Waals surface area (Å²) in [5.41, 5.74) is -0.112. The van der Waals surface area contributed by atoms with Crippen LogP contribution in [-0.4, -0.2) is 19.8 Å². The summed E-state index contributed by atoms with van der Waals surface area (Å²) in [7, 11) is 0. The normalized spacial score (nSPS) is 26.6. The van der Waals surface area contributed by atoms with Gasteiger partial charge in [0.15, 0.2) is 0 Å². The van der Waals surface area contributed by atoms with Crippen LogP contribution >= 0.6 is 0 Å². The highest BCUT2D eigenvalue weighted by Crippen LogP contribution is 2.26. The van der Waals surface area contributed by atoms with Gasteiger partial charge >= 0.3 is 0 Å². The summed E-state index contributed by atoms with van der Waals surface area (Å²) in [6.45, 7) is 3.55. The van der Waals surface area contributed by atoms with Crippen molar-refractivity contribution in [2.75, 3.05) is 19.8 Å². The molecule has 1 heterocycles. The molecule has 0 unspecified atom stereocenters. The average molecular weight is 213 g/mol. The Hall–Kier alpha value is -1.00. The van der Waals surface area contributed by atoms with Crippen LogP contribution in [0.5, 0.6) is 0 Å². The average Bonchev–Trinajstić information content (AvgIpc) is 2.18. The minimum atomic E-state index is -0.559. The van der Waals surface area contributed by atoms with Crippen LogP contribution in [0.25, 0.3) is 0 Å². The summed E-state index contributed by atoms with van der Waals surface area (Å²) in [5, 5.41) is 3.18. The van der Waals surface area contributed by atoms with Gasteiger partial charge in [0.05, 0.1) is 18.8 Å². The molecule has 1 fully saturated rings. The molecule has 15 heavy (non-hydrogen) atoms. The van der Waals surface area contributed by atoms with Gasteiger partial charge in [-0.2, -0.15) is 0 Å².